The first kappa shape index (κ1) is 14.5. The maximum Gasteiger partial charge on any atom is 0.122 e. The maximum absolute atomic E-state index is 6.23. The van der Waals surface area contributed by atoms with Crippen LogP contribution in [0.1, 0.15) is 29.0 Å². The van der Waals surface area contributed by atoms with Gasteiger partial charge < -0.3 is 4.74 Å². The highest BCUT2D eigenvalue weighted by Crippen LogP contribution is 2.38. The molecule has 0 aliphatic carbocycles. The summed E-state index contributed by atoms with van der Waals surface area (Å²) in [6.07, 6.45) is 2.14. The van der Waals surface area contributed by atoms with Crippen molar-refractivity contribution < 1.29 is 4.74 Å². The van der Waals surface area contributed by atoms with Crippen molar-refractivity contribution in [1.82, 2.24) is 0 Å². The topological polar surface area (TPSA) is 9.23 Å². The molecule has 2 aromatic rings. The quantitative estimate of drug-likeness (QED) is 0.709. The highest BCUT2D eigenvalue weighted by molar-refractivity contribution is 6.18. The Labute approximate surface area is 131 Å². The standard InChI is InChI=1S/C19H21ClO/c1-14-6-2-3-7-16(14)10-15(12-20)11-17-13-21-19-9-5-4-8-18(17)19/h2-9,15,17H,10-13H2,1H3. The van der Waals surface area contributed by atoms with Gasteiger partial charge in [0.1, 0.15) is 5.75 Å². The van der Waals surface area contributed by atoms with E-state index in [0.717, 1.165) is 25.2 Å². The highest BCUT2D eigenvalue weighted by atomic mass is 35.5. The number of fused-ring (bicyclic) bond motifs is 1. The Kier molecular flexibility index (Phi) is 4.50. The monoisotopic (exact) mass is 300 g/mol. The molecule has 2 atom stereocenters. The lowest BCUT2D eigenvalue weighted by Crippen LogP contribution is -2.13. The number of aryl methyl sites for hydroxylation is 1. The Morgan fingerprint density at radius 3 is 2.71 bits per heavy atom. The lowest BCUT2D eigenvalue weighted by molar-refractivity contribution is 0.310. The van der Waals surface area contributed by atoms with E-state index in [4.69, 9.17) is 16.3 Å². The molecule has 0 amide bonds. The van der Waals surface area contributed by atoms with E-state index < -0.39 is 0 Å². The van der Waals surface area contributed by atoms with E-state index in [2.05, 4.69) is 49.4 Å². The third-order valence-electron chi connectivity index (χ3n) is 4.40. The van der Waals surface area contributed by atoms with E-state index >= 15 is 0 Å². The van der Waals surface area contributed by atoms with Crippen molar-refractivity contribution >= 4 is 11.6 Å². The van der Waals surface area contributed by atoms with E-state index in [1.165, 1.54) is 16.7 Å². The molecule has 21 heavy (non-hydrogen) atoms. The summed E-state index contributed by atoms with van der Waals surface area (Å²) in [5.74, 6) is 2.72. The second-order valence-electron chi connectivity index (χ2n) is 5.93. The zero-order chi connectivity index (χ0) is 14.7. The molecule has 1 heterocycles. The van der Waals surface area contributed by atoms with Gasteiger partial charge in [-0.25, -0.2) is 0 Å². The number of hydrogen-bond donors (Lipinski definition) is 0. The van der Waals surface area contributed by atoms with Gasteiger partial charge in [0.15, 0.2) is 0 Å². The SMILES string of the molecule is Cc1ccccc1CC(CCl)CC1COc2ccccc21. The average molecular weight is 301 g/mol. The second kappa shape index (κ2) is 6.53. The fourth-order valence-electron chi connectivity index (χ4n) is 3.18. The lowest BCUT2D eigenvalue weighted by Gasteiger charge is -2.19. The van der Waals surface area contributed by atoms with Crippen molar-refractivity contribution in [2.24, 2.45) is 5.92 Å². The fraction of sp³-hybridized carbons (Fsp3) is 0.368. The molecule has 1 nitrogen and oxygen atoms in total. The summed E-state index contributed by atoms with van der Waals surface area (Å²) in [4.78, 5) is 0. The van der Waals surface area contributed by atoms with Gasteiger partial charge in [0.25, 0.3) is 0 Å². The summed E-state index contributed by atoms with van der Waals surface area (Å²) < 4.78 is 5.79. The summed E-state index contributed by atoms with van der Waals surface area (Å²) >= 11 is 6.23. The van der Waals surface area contributed by atoms with Gasteiger partial charge in [0, 0.05) is 17.4 Å². The van der Waals surface area contributed by atoms with Crippen LogP contribution in [0.25, 0.3) is 0 Å². The summed E-state index contributed by atoms with van der Waals surface area (Å²) in [6, 6.07) is 17.0. The van der Waals surface area contributed by atoms with Crippen LogP contribution in [-0.4, -0.2) is 12.5 Å². The van der Waals surface area contributed by atoms with E-state index in [-0.39, 0.29) is 0 Å². The average Bonchev–Trinajstić information content (AvgIpc) is 2.92. The van der Waals surface area contributed by atoms with Crippen LogP contribution in [0, 0.1) is 12.8 Å². The van der Waals surface area contributed by atoms with Crippen LogP contribution < -0.4 is 4.74 Å². The molecule has 1 aliphatic rings. The van der Waals surface area contributed by atoms with Crippen LogP contribution >= 0.6 is 11.6 Å². The van der Waals surface area contributed by atoms with Crippen molar-refractivity contribution in [2.45, 2.75) is 25.7 Å². The van der Waals surface area contributed by atoms with E-state index in [1.54, 1.807) is 0 Å². The van der Waals surface area contributed by atoms with Gasteiger partial charge >= 0.3 is 0 Å². The van der Waals surface area contributed by atoms with Crippen molar-refractivity contribution in [3.63, 3.8) is 0 Å². The third kappa shape index (κ3) is 3.24. The molecular weight excluding hydrogens is 280 g/mol. The zero-order valence-corrected chi connectivity index (χ0v) is 13.1. The Hall–Kier alpha value is -1.47. The van der Waals surface area contributed by atoms with Gasteiger partial charge in [0.2, 0.25) is 0 Å². The number of benzene rings is 2. The Morgan fingerprint density at radius 1 is 1.14 bits per heavy atom. The fourth-order valence-corrected chi connectivity index (χ4v) is 3.41. The zero-order valence-electron chi connectivity index (χ0n) is 12.4. The molecule has 3 rings (SSSR count). The molecular formula is C19H21ClO. The van der Waals surface area contributed by atoms with Crippen LogP contribution in [0.15, 0.2) is 48.5 Å². The normalized spacial score (nSPS) is 18.1. The van der Waals surface area contributed by atoms with E-state index in [9.17, 15) is 0 Å². The first-order chi connectivity index (χ1) is 10.3. The number of alkyl halides is 1. The van der Waals surface area contributed by atoms with E-state index in [1.807, 2.05) is 6.07 Å². The molecule has 2 unspecified atom stereocenters. The molecule has 0 fully saturated rings. The van der Waals surface area contributed by atoms with E-state index in [0.29, 0.717) is 17.7 Å². The molecule has 2 heteroatoms. The molecule has 1 aliphatic heterocycles. The lowest BCUT2D eigenvalue weighted by atomic mass is 9.87. The number of rotatable bonds is 5. The van der Waals surface area contributed by atoms with Crippen LogP contribution in [0.3, 0.4) is 0 Å². The molecule has 110 valence electrons. The Balaban J connectivity index is 1.70. The van der Waals surface area contributed by atoms with Gasteiger partial charge in [0.05, 0.1) is 6.61 Å². The number of ether oxygens (including phenoxy) is 1. The minimum Gasteiger partial charge on any atom is -0.493 e. The maximum atomic E-state index is 6.23. The van der Waals surface area contributed by atoms with Gasteiger partial charge in [-0.05, 0) is 42.9 Å². The van der Waals surface area contributed by atoms with Crippen molar-refractivity contribution in [2.75, 3.05) is 12.5 Å². The summed E-state index contributed by atoms with van der Waals surface area (Å²) in [7, 11) is 0. The van der Waals surface area contributed by atoms with Gasteiger partial charge in [-0.15, -0.1) is 11.6 Å². The summed E-state index contributed by atoms with van der Waals surface area (Å²) in [5.41, 5.74) is 4.11. The molecule has 0 saturated heterocycles. The van der Waals surface area contributed by atoms with Gasteiger partial charge in [-0.2, -0.15) is 0 Å². The van der Waals surface area contributed by atoms with Gasteiger partial charge in [-0.1, -0.05) is 42.5 Å². The highest BCUT2D eigenvalue weighted by Gasteiger charge is 2.26. The van der Waals surface area contributed by atoms with Gasteiger partial charge in [-0.3, -0.25) is 0 Å². The van der Waals surface area contributed by atoms with Crippen LogP contribution in [0.5, 0.6) is 5.75 Å². The molecule has 0 aromatic heterocycles. The number of halogens is 1. The molecule has 0 saturated carbocycles. The molecule has 2 aromatic carbocycles. The molecule has 0 radical (unpaired) electrons. The van der Waals surface area contributed by atoms with Crippen LogP contribution in [0.4, 0.5) is 0 Å². The third-order valence-corrected chi connectivity index (χ3v) is 4.84. The number of para-hydroxylation sites is 1. The van der Waals surface area contributed by atoms with Crippen molar-refractivity contribution in [3.05, 3.63) is 65.2 Å². The largest absolute Gasteiger partial charge is 0.493 e. The first-order valence-corrected chi connectivity index (χ1v) is 8.13. The predicted octanol–water partition coefficient (Wildman–Crippen LogP) is 4.96. The smallest absolute Gasteiger partial charge is 0.122 e. The Morgan fingerprint density at radius 2 is 1.90 bits per heavy atom. The first-order valence-electron chi connectivity index (χ1n) is 7.60. The minimum atomic E-state index is 0.481. The summed E-state index contributed by atoms with van der Waals surface area (Å²) in [5, 5.41) is 0. The second-order valence-corrected chi connectivity index (χ2v) is 6.24. The summed E-state index contributed by atoms with van der Waals surface area (Å²) in [6.45, 7) is 2.97. The molecule has 0 spiro atoms. The van der Waals surface area contributed by atoms with Crippen LogP contribution in [0.2, 0.25) is 0 Å². The van der Waals surface area contributed by atoms with Crippen molar-refractivity contribution in [1.29, 1.82) is 0 Å². The predicted molar refractivity (Wildman–Crippen MR) is 88.4 cm³/mol. The number of hydrogen-bond acceptors (Lipinski definition) is 1. The van der Waals surface area contributed by atoms with Crippen molar-refractivity contribution in [3.8, 4) is 5.75 Å². The molecule has 0 bridgehead atoms. The molecule has 0 N–H and O–H groups in total. The Bertz CT molecular complexity index is 608. The minimum absolute atomic E-state index is 0.481. The van der Waals surface area contributed by atoms with Crippen LogP contribution in [-0.2, 0) is 6.42 Å².